The summed E-state index contributed by atoms with van der Waals surface area (Å²) in [6.07, 6.45) is 9.84. The van der Waals surface area contributed by atoms with Crippen molar-refractivity contribution in [3.63, 3.8) is 0 Å². The minimum absolute atomic E-state index is 0.0636. The second kappa shape index (κ2) is 7.14. The SMILES string of the molecule is CCCNC(c1cnn(CCC)c1)c1cnc(C)cn1. The van der Waals surface area contributed by atoms with Crippen LogP contribution >= 0.6 is 0 Å². The Morgan fingerprint density at radius 2 is 2.00 bits per heavy atom. The fourth-order valence-electron chi connectivity index (χ4n) is 2.11. The standard InChI is InChI=1S/C15H23N5/c1-4-6-16-15(14-10-17-12(3)8-18-14)13-9-19-20(11-13)7-5-2/h8-11,15-16H,4-7H2,1-3H3. The van der Waals surface area contributed by atoms with E-state index in [9.17, 15) is 0 Å². The van der Waals surface area contributed by atoms with Gasteiger partial charge in [0.25, 0.3) is 0 Å². The zero-order valence-electron chi connectivity index (χ0n) is 12.5. The van der Waals surface area contributed by atoms with E-state index in [1.807, 2.05) is 30.2 Å². The Bertz CT molecular complexity index is 517. The van der Waals surface area contributed by atoms with Gasteiger partial charge in [0.1, 0.15) is 0 Å². The van der Waals surface area contributed by atoms with Crippen LogP contribution in [0.25, 0.3) is 0 Å². The molecule has 1 unspecified atom stereocenters. The highest BCUT2D eigenvalue weighted by Gasteiger charge is 2.16. The van der Waals surface area contributed by atoms with Crippen LogP contribution in [0.5, 0.6) is 0 Å². The molecule has 2 aromatic rings. The second-order valence-corrected chi connectivity index (χ2v) is 5.01. The lowest BCUT2D eigenvalue weighted by Gasteiger charge is -2.16. The van der Waals surface area contributed by atoms with Gasteiger partial charge in [0.15, 0.2) is 0 Å². The maximum atomic E-state index is 4.50. The fourth-order valence-corrected chi connectivity index (χ4v) is 2.11. The van der Waals surface area contributed by atoms with Gasteiger partial charge in [0, 0.05) is 24.5 Å². The van der Waals surface area contributed by atoms with Crippen LogP contribution < -0.4 is 5.32 Å². The molecule has 20 heavy (non-hydrogen) atoms. The molecule has 0 radical (unpaired) electrons. The van der Waals surface area contributed by atoms with Gasteiger partial charge in [-0.2, -0.15) is 5.10 Å². The molecular formula is C15H23N5. The lowest BCUT2D eigenvalue weighted by molar-refractivity contribution is 0.578. The van der Waals surface area contributed by atoms with Crippen LogP contribution in [0, 0.1) is 6.92 Å². The van der Waals surface area contributed by atoms with Crippen LogP contribution in [0.4, 0.5) is 0 Å². The normalized spacial score (nSPS) is 12.6. The fraction of sp³-hybridized carbons (Fsp3) is 0.533. The van der Waals surface area contributed by atoms with E-state index in [2.05, 4.69) is 40.4 Å². The summed E-state index contributed by atoms with van der Waals surface area (Å²) in [4.78, 5) is 8.85. The summed E-state index contributed by atoms with van der Waals surface area (Å²) >= 11 is 0. The molecule has 0 spiro atoms. The van der Waals surface area contributed by atoms with Crippen LogP contribution in [-0.4, -0.2) is 26.3 Å². The zero-order valence-corrected chi connectivity index (χ0v) is 12.5. The third-order valence-corrected chi connectivity index (χ3v) is 3.13. The van der Waals surface area contributed by atoms with Crippen LogP contribution in [-0.2, 0) is 6.54 Å². The smallest absolute Gasteiger partial charge is 0.0802 e. The molecule has 108 valence electrons. The number of hydrogen-bond acceptors (Lipinski definition) is 4. The van der Waals surface area contributed by atoms with Gasteiger partial charge in [-0.25, -0.2) is 0 Å². The van der Waals surface area contributed by atoms with Crippen molar-refractivity contribution < 1.29 is 0 Å². The van der Waals surface area contributed by atoms with Crippen molar-refractivity contribution in [2.24, 2.45) is 0 Å². The Kier molecular flexibility index (Phi) is 5.24. The molecule has 0 amide bonds. The van der Waals surface area contributed by atoms with E-state index in [1.54, 1.807) is 0 Å². The van der Waals surface area contributed by atoms with Gasteiger partial charge >= 0.3 is 0 Å². The third kappa shape index (κ3) is 3.63. The van der Waals surface area contributed by atoms with Gasteiger partial charge in [-0.05, 0) is 26.3 Å². The van der Waals surface area contributed by atoms with E-state index < -0.39 is 0 Å². The predicted molar refractivity (Wildman–Crippen MR) is 79.4 cm³/mol. The molecule has 0 aliphatic carbocycles. The molecule has 0 fully saturated rings. The number of hydrogen-bond donors (Lipinski definition) is 1. The number of aryl methyl sites for hydroxylation is 2. The van der Waals surface area contributed by atoms with Crippen molar-refractivity contribution in [1.82, 2.24) is 25.1 Å². The lowest BCUT2D eigenvalue weighted by atomic mass is 10.1. The highest BCUT2D eigenvalue weighted by Crippen LogP contribution is 2.19. The first-order valence-electron chi connectivity index (χ1n) is 7.28. The van der Waals surface area contributed by atoms with Gasteiger partial charge in [0.05, 0.1) is 29.8 Å². The van der Waals surface area contributed by atoms with Crippen molar-refractivity contribution in [1.29, 1.82) is 0 Å². The molecule has 2 rings (SSSR count). The minimum Gasteiger partial charge on any atom is -0.305 e. The van der Waals surface area contributed by atoms with Gasteiger partial charge in [-0.1, -0.05) is 13.8 Å². The Morgan fingerprint density at radius 3 is 2.65 bits per heavy atom. The molecule has 0 aliphatic rings. The van der Waals surface area contributed by atoms with E-state index in [1.165, 1.54) is 0 Å². The van der Waals surface area contributed by atoms with Crippen molar-refractivity contribution in [2.75, 3.05) is 6.54 Å². The van der Waals surface area contributed by atoms with Crippen molar-refractivity contribution in [3.8, 4) is 0 Å². The van der Waals surface area contributed by atoms with Crippen LogP contribution in [0.2, 0.25) is 0 Å². The van der Waals surface area contributed by atoms with Gasteiger partial charge in [-0.15, -0.1) is 0 Å². The molecule has 0 aliphatic heterocycles. The summed E-state index contributed by atoms with van der Waals surface area (Å²) in [5.74, 6) is 0. The maximum absolute atomic E-state index is 4.50. The van der Waals surface area contributed by atoms with E-state index in [-0.39, 0.29) is 6.04 Å². The molecule has 2 heterocycles. The van der Waals surface area contributed by atoms with Gasteiger partial charge in [-0.3, -0.25) is 14.6 Å². The molecule has 1 N–H and O–H groups in total. The monoisotopic (exact) mass is 273 g/mol. The van der Waals surface area contributed by atoms with Crippen molar-refractivity contribution >= 4 is 0 Å². The summed E-state index contributed by atoms with van der Waals surface area (Å²) < 4.78 is 1.98. The predicted octanol–water partition coefficient (Wildman–Crippen LogP) is 2.48. The molecule has 5 nitrogen and oxygen atoms in total. The molecule has 2 aromatic heterocycles. The molecule has 0 bridgehead atoms. The average molecular weight is 273 g/mol. The summed E-state index contributed by atoms with van der Waals surface area (Å²) in [5.41, 5.74) is 3.02. The van der Waals surface area contributed by atoms with Crippen LogP contribution in [0.3, 0.4) is 0 Å². The summed E-state index contributed by atoms with van der Waals surface area (Å²) in [6, 6.07) is 0.0636. The first kappa shape index (κ1) is 14.7. The summed E-state index contributed by atoms with van der Waals surface area (Å²) in [6.45, 7) is 8.15. The quantitative estimate of drug-likeness (QED) is 0.842. The van der Waals surface area contributed by atoms with Crippen molar-refractivity contribution in [3.05, 3.63) is 41.7 Å². The van der Waals surface area contributed by atoms with Gasteiger partial charge in [0.2, 0.25) is 0 Å². The number of rotatable bonds is 7. The number of nitrogens with zero attached hydrogens (tertiary/aromatic N) is 4. The average Bonchev–Trinajstić information content (AvgIpc) is 2.90. The first-order valence-corrected chi connectivity index (χ1v) is 7.28. The van der Waals surface area contributed by atoms with E-state index in [0.29, 0.717) is 0 Å². The Labute approximate surface area is 120 Å². The molecule has 0 aromatic carbocycles. The highest BCUT2D eigenvalue weighted by atomic mass is 15.3. The summed E-state index contributed by atoms with van der Waals surface area (Å²) in [7, 11) is 0. The van der Waals surface area contributed by atoms with Gasteiger partial charge < -0.3 is 5.32 Å². The minimum atomic E-state index is 0.0636. The molecule has 0 saturated carbocycles. The number of aromatic nitrogens is 4. The van der Waals surface area contributed by atoms with E-state index >= 15 is 0 Å². The second-order valence-electron chi connectivity index (χ2n) is 5.01. The summed E-state index contributed by atoms with van der Waals surface area (Å²) in [5, 5.41) is 7.93. The van der Waals surface area contributed by atoms with Crippen molar-refractivity contribution in [2.45, 2.75) is 46.2 Å². The molecule has 5 heteroatoms. The molecular weight excluding hydrogens is 250 g/mol. The topological polar surface area (TPSA) is 55.6 Å². The highest BCUT2D eigenvalue weighted by molar-refractivity contribution is 5.22. The maximum Gasteiger partial charge on any atom is 0.0802 e. The lowest BCUT2D eigenvalue weighted by Crippen LogP contribution is -2.24. The van der Waals surface area contributed by atoms with Crippen LogP contribution in [0.15, 0.2) is 24.8 Å². The Balaban J connectivity index is 2.23. The van der Waals surface area contributed by atoms with E-state index in [0.717, 1.165) is 42.9 Å². The van der Waals surface area contributed by atoms with Crippen LogP contribution in [0.1, 0.15) is 49.7 Å². The number of nitrogens with one attached hydrogen (secondary N) is 1. The first-order chi connectivity index (χ1) is 9.74. The zero-order chi connectivity index (χ0) is 14.4. The van der Waals surface area contributed by atoms with E-state index in [4.69, 9.17) is 0 Å². The largest absolute Gasteiger partial charge is 0.305 e. The molecule has 0 saturated heterocycles. The molecule has 1 atom stereocenters. The third-order valence-electron chi connectivity index (χ3n) is 3.13. The Hall–Kier alpha value is -1.75. The Morgan fingerprint density at radius 1 is 1.15 bits per heavy atom.